The molecule has 0 aliphatic carbocycles. The van der Waals surface area contributed by atoms with Gasteiger partial charge in [-0.2, -0.15) is 33.2 Å². The summed E-state index contributed by atoms with van der Waals surface area (Å²) < 4.78 is 43.4. The monoisotopic (exact) mass is 507 g/mol. The first kappa shape index (κ1) is 25.4. The number of nitrogens with zero attached hydrogens (tertiary/aromatic N) is 6. The van der Waals surface area contributed by atoms with E-state index in [0.717, 1.165) is 11.3 Å². The highest BCUT2D eigenvalue weighted by Crippen LogP contribution is 2.33. The fraction of sp³-hybridized carbons (Fsp3) is 0.154. The first-order valence-electron chi connectivity index (χ1n) is 11.2. The fourth-order valence-electron chi connectivity index (χ4n) is 3.26. The van der Waals surface area contributed by atoms with E-state index in [4.69, 9.17) is 4.74 Å². The number of benzene rings is 3. The number of halogens is 3. The van der Waals surface area contributed by atoms with Gasteiger partial charge in [0.15, 0.2) is 6.61 Å². The van der Waals surface area contributed by atoms with Crippen LogP contribution >= 0.6 is 0 Å². The number of hydrogen-bond donors (Lipinski definition) is 1. The minimum Gasteiger partial charge on any atom is -0.454 e. The summed E-state index contributed by atoms with van der Waals surface area (Å²) in [5.74, 6) is -0.0298. The van der Waals surface area contributed by atoms with Gasteiger partial charge in [-0.3, -0.25) is 4.90 Å². The van der Waals surface area contributed by atoms with Crippen LogP contribution in [0.15, 0.2) is 90.0 Å². The maximum atomic E-state index is 12.9. The number of anilines is 5. The van der Waals surface area contributed by atoms with Crippen LogP contribution in [0.3, 0.4) is 0 Å². The second-order valence-corrected chi connectivity index (χ2v) is 8.01. The molecule has 0 bridgehead atoms. The summed E-state index contributed by atoms with van der Waals surface area (Å²) in [6.45, 7) is -1.55. The molecule has 0 radical (unpaired) electrons. The number of para-hydroxylation sites is 2. The molecule has 0 fully saturated rings. The number of hydrazone groups is 1. The van der Waals surface area contributed by atoms with Gasteiger partial charge in [0.25, 0.3) is 5.95 Å². The van der Waals surface area contributed by atoms with Crippen molar-refractivity contribution in [2.24, 2.45) is 5.10 Å². The molecule has 4 aromatic rings. The second kappa shape index (κ2) is 11.4. The zero-order valence-electron chi connectivity index (χ0n) is 20.1. The number of ether oxygens (including phenoxy) is 1. The zero-order chi connectivity index (χ0) is 26.3. The summed E-state index contributed by atoms with van der Waals surface area (Å²) >= 11 is 0. The number of hydrogen-bond acceptors (Lipinski definition) is 8. The average molecular weight is 508 g/mol. The van der Waals surface area contributed by atoms with Crippen molar-refractivity contribution < 1.29 is 17.9 Å². The Balaban J connectivity index is 1.68. The van der Waals surface area contributed by atoms with Gasteiger partial charge >= 0.3 is 12.2 Å². The largest absolute Gasteiger partial charge is 0.454 e. The number of aromatic nitrogens is 3. The van der Waals surface area contributed by atoms with Crippen molar-refractivity contribution in [3.05, 3.63) is 90.5 Å². The Hall–Kier alpha value is -4.67. The third-order valence-corrected chi connectivity index (χ3v) is 4.98. The summed E-state index contributed by atoms with van der Waals surface area (Å²) in [7, 11) is 3.88. The van der Waals surface area contributed by atoms with Gasteiger partial charge in [-0.1, -0.05) is 48.5 Å². The van der Waals surface area contributed by atoms with Crippen LogP contribution in [0.4, 0.5) is 42.1 Å². The third kappa shape index (κ3) is 7.17. The molecule has 1 heterocycles. The molecule has 1 N–H and O–H groups in total. The molecule has 190 valence electrons. The molecule has 1 aromatic heterocycles. The molecule has 0 amide bonds. The molecule has 11 heteroatoms. The Kier molecular flexibility index (Phi) is 7.82. The van der Waals surface area contributed by atoms with Crippen LogP contribution in [0, 0.1) is 0 Å². The SMILES string of the molecule is CN(C)c1ccc(/C=N\Nc2nc(OCC(F)(F)F)nc(N(c3ccccc3)c3ccccc3)n2)cc1. The first-order valence-corrected chi connectivity index (χ1v) is 11.2. The van der Waals surface area contributed by atoms with E-state index < -0.39 is 18.8 Å². The van der Waals surface area contributed by atoms with Crippen molar-refractivity contribution in [3.8, 4) is 6.01 Å². The Labute approximate surface area is 212 Å². The number of alkyl halides is 3. The minimum atomic E-state index is -4.56. The smallest absolute Gasteiger partial charge is 0.422 e. The highest BCUT2D eigenvalue weighted by molar-refractivity contribution is 5.81. The van der Waals surface area contributed by atoms with Crippen LogP contribution in [-0.2, 0) is 0 Å². The van der Waals surface area contributed by atoms with E-state index in [1.807, 2.05) is 104 Å². The normalized spacial score (nSPS) is 11.4. The fourth-order valence-corrected chi connectivity index (χ4v) is 3.26. The Morgan fingerprint density at radius 3 is 1.95 bits per heavy atom. The van der Waals surface area contributed by atoms with Crippen LogP contribution < -0.4 is 20.0 Å². The summed E-state index contributed by atoms with van der Waals surface area (Å²) in [6, 6.07) is 25.5. The minimum absolute atomic E-state index is 0.0533. The lowest BCUT2D eigenvalue weighted by Gasteiger charge is -2.23. The number of nitrogens with one attached hydrogen (secondary N) is 1. The quantitative estimate of drug-likeness (QED) is 0.227. The van der Waals surface area contributed by atoms with Crippen LogP contribution in [0.5, 0.6) is 6.01 Å². The van der Waals surface area contributed by atoms with Crippen molar-refractivity contribution in [2.45, 2.75) is 6.18 Å². The molecular weight excluding hydrogens is 483 g/mol. The van der Waals surface area contributed by atoms with Crippen molar-refractivity contribution in [3.63, 3.8) is 0 Å². The highest BCUT2D eigenvalue weighted by atomic mass is 19.4. The first-order chi connectivity index (χ1) is 17.8. The molecule has 0 aliphatic rings. The van der Waals surface area contributed by atoms with E-state index in [-0.39, 0.29) is 11.9 Å². The number of rotatable bonds is 9. The highest BCUT2D eigenvalue weighted by Gasteiger charge is 2.29. The van der Waals surface area contributed by atoms with E-state index >= 15 is 0 Å². The molecule has 0 saturated heterocycles. The van der Waals surface area contributed by atoms with Crippen molar-refractivity contribution >= 4 is 35.2 Å². The molecule has 0 unspecified atom stereocenters. The maximum absolute atomic E-state index is 12.9. The van der Waals surface area contributed by atoms with Crippen LogP contribution in [0.25, 0.3) is 0 Å². The van der Waals surface area contributed by atoms with Gasteiger partial charge in [0, 0.05) is 31.2 Å². The molecule has 0 spiro atoms. The Bertz CT molecular complexity index is 1280. The van der Waals surface area contributed by atoms with Gasteiger partial charge in [0.1, 0.15) is 0 Å². The van der Waals surface area contributed by atoms with Crippen molar-refractivity contribution in [1.82, 2.24) is 15.0 Å². The van der Waals surface area contributed by atoms with E-state index in [2.05, 4.69) is 25.5 Å². The molecule has 0 atom stereocenters. The van der Waals surface area contributed by atoms with Gasteiger partial charge in [-0.25, -0.2) is 5.43 Å². The topological polar surface area (TPSA) is 78.8 Å². The lowest BCUT2D eigenvalue weighted by Crippen LogP contribution is -2.21. The molecular formula is C26H24F3N7O. The van der Waals surface area contributed by atoms with Gasteiger partial charge in [0.2, 0.25) is 5.95 Å². The van der Waals surface area contributed by atoms with Crippen LogP contribution in [-0.4, -0.2) is 48.0 Å². The molecule has 3 aromatic carbocycles. The standard InChI is InChI=1S/C26H24F3N7O/c1-35(2)20-15-13-19(14-16-20)17-30-34-23-31-24(33-25(32-23)37-18-26(27,28)29)36(21-9-5-3-6-10-21)22-11-7-4-8-12-22/h3-17H,18H2,1-2H3,(H,31,32,33,34)/b30-17-. The van der Waals surface area contributed by atoms with Gasteiger partial charge < -0.3 is 9.64 Å². The Morgan fingerprint density at radius 1 is 0.811 bits per heavy atom. The predicted octanol–water partition coefficient (Wildman–Crippen LogP) is 5.79. The summed E-state index contributed by atoms with van der Waals surface area (Å²) in [4.78, 5) is 16.2. The molecule has 8 nitrogen and oxygen atoms in total. The van der Waals surface area contributed by atoms with Gasteiger partial charge in [-0.15, -0.1) is 0 Å². The zero-order valence-corrected chi connectivity index (χ0v) is 20.1. The predicted molar refractivity (Wildman–Crippen MR) is 138 cm³/mol. The van der Waals surface area contributed by atoms with Crippen molar-refractivity contribution in [2.75, 3.05) is 35.9 Å². The second-order valence-electron chi connectivity index (χ2n) is 8.01. The molecule has 4 rings (SSSR count). The summed E-state index contributed by atoms with van der Waals surface area (Å²) in [5.41, 5.74) is 5.89. The van der Waals surface area contributed by atoms with E-state index in [9.17, 15) is 13.2 Å². The van der Waals surface area contributed by atoms with E-state index in [1.165, 1.54) is 0 Å². The van der Waals surface area contributed by atoms with E-state index in [1.54, 1.807) is 11.1 Å². The lowest BCUT2D eigenvalue weighted by atomic mass is 10.2. The molecule has 0 aliphatic heterocycles. The van der Waals surface area contributed by atoms with Crippen LogP contribution in [0.2, 0.25) is 0 Å². The third-order valence-electron chi connectivity index (χ3n) is 4.98. The van der Waals surface area contributed by atoms with E-state index in [0.29, 0.717) is 11.4 Å². The maximum Gasteiger partial charge on any atom is 0.422 e. The molecule has 0 saturated carbocycles. The van der Waals surface area contributed by atoms with Gasteiger partial charge in [0.05, 0.1) is 6.21 Å². The molecule has 37 heavy (non-hydrogen) atoms. The average Bonchev–Trinajstić information content (AvgIpc) is 2.89. The Morgan fingerprint density at radius 2 is 1.41 bits per heavy atom. The van der Waals surface area contributed by atoms with Gasteiger partial charge in [-0.05, 0) is 42.0 Å². The summed E-state index contributed by atoms with van der Waals surface area (Å²) in [6.07, 6.45) is -3.01. The van der Waals surface area contributed by atoms with Crippen molar-refractivity contribution in [1.29, 1.82) is 0 Å². The summed E-state index contributed by atoms with van der Waals surface area (Å²) in [5, 5.41) is 4.14. The lowest BCUT2D eigenvalue weighted by molar-refractivity contribution is -0.154. The van der Waals surface area contributed by atoms with Crippen LogP contribution in [0.1, 0.15) is 5.56 Å².